The van der Waals surface area contributed by atoms with Gasteiger partial charge in [0.15, 0.2) is 0 Å². The molecule has 1 N–H and O–H groups in total. The van der Waals surface area contributed by atoms with E-state index in [1.807, 2.05) is 0 Å². The molecule has 0 aliphatic rings. The second kappa shape index (κ2) is 8.05. The molecule has 128 valence electrons. The lowest BCUT2D eigenvalue weighted by Gasteiger charge is -2.09. The molecule has 1 aromatic heterocycles. The molecule has 1 heterocycles. The Hall–Kier alpha value is -1.80. The third kappa shape index (κ3) is 4.43. The quantitative estimate of drug-likeness (QED) is 0.628. The predicted octanol–water partition coefficient (Wildman–Crippen LogP) is 4.35. The minimum absolute atomic E-state index is 0.0928. The zero-order chi connectivity index (χ0) is 17.8. The molecule has 0 atom stereocenters. The van der Waals surface area contributed by atoms with Crippen molar-refractivity contribution in [3.05, 3.63) is 57.5 Å². The van der Waals surface area contributed by atoms with E-state index < -0.39 is 0 Å². The van der Waals surface area contributed by atoms with Gasteiger partial charge in [0.05, 0.1) is 27.2 Å². The maximum absolute atomic E-state index is 12.2. The number of rotatable bonds is 5. The number of para-hydroxylation sites is 1. The lowest BCUT2D eigenvalue weighted by atomic mass is 10.3. The first-order valence-corrected chi connectivity index (χ1v) is 9.07. The van der Waals surface area contributed by atoms with Crippen molar-refractivity contribution in [2.24, 2.45) is 0 Å². The summed E-state index contributed by atoms with van der Waals surface area (Å²) in [4.78, 5) is 12.2. The summed E-state index contributed by atoms with van der Waals surface area (Å²) in [5.74, 6) is -0.180. The van der Waals surface area contributed by atoms with E-state index in [1.54, 1.807) is 42.5 Å². The maximum atomic E-state index is 12.2. The molecule has 25 heavy (non-hydrogen) atoms. The summed E-state index contributed by atoms with van der Waals surface area (Å²) >= 11 is 19.1. The second-order valence-corrected chi connectivity index (χ2v) is 6.98. The number of amides is 1. The molecule has 1 amide bonds. The fourth-order valence-corrected chi connectivity index (χ4v) is 3.24. The van der Waals surface area contributed by atoms with Crippen LogP contribution in [0.5, 0.6) is 0 Å². The van der Waals surface area contributed by atoms with E-state index in [9.17, 15) is 4.79 Å². The van der Waals surface area contributed by atoms with E-state index in [0.29, 0.717) is 25.9 Å². The van der Waals surface area contributed by atoms with E-state index in [0.717, 1.165) is 5.69 Å². The molecular formula is C15H10Cl3N5OS. The number of hydrogen-bond donors (Lipinski definition) is 1. The fourth-order valence-electron chi connectivity index (χ4n) is 1.94. The zero-order valence-corrected chi connectivity index (χ0v) is 15.6. The Morgan fingerprint density at radius 3 is 2.44 bits per heavy atom. The van der Waals surface area contributed by atoms with Gasteiger partial charge in [-0.1, -0.05) is 52.6 Å². The molecular weight excluding hydrogens is 405 g/mol. The van der Waals surface area contributed by atoms with Crippen LogP contribution < -0.4 is 5.32 Å². The van der Waals surface area contributed by atoms with Crippen LogP contribution in [0.3, 0.4) is 0 Å². The number of anilines is 1. The van der Waals surface area contributed by atoms with E-state index >= 15 is 0 Å². The maximum Gasteiger partial charge on any atom is 0.234 e. The molecule has 10 heteroatoms. The van der Waals surface area contributed by atoms with E-state index in [1.165, 1.54) is 16.4 Å². The Labute approximate surface area is 162 Å². The standard InChI is InChI=1S/C15H10Cl3N5OS/c16-9-4-6-10(7-5-9)23-15(20-21-22-23)25-8-13(24)19-14-11(17)2-1-3-12(14)18/h1-7H,8H2,(H,19,24). The van der Waals surface area contributed by atoms with Crippen molar-refractivity contribution in [3.8, 4) is 5.69 Å². The van der Waals surface area contributed by atoms with Crippen LogP contribution in [0.2, 0.25) is 15.1 Å². The molecule has 0 saturated heterocycles. The van der Waals surface area contributed by atoms with Crippen LogP contribution in [0.25, 0.3) is 5.69 Å². The van der Waals surface area contributed by atoms with Gasteiger partial charge in [-0.25, -0.2) is 0 Å². The van der Waals surface area contributed by atoms with E-state index in [-0.39, 0.29) is 11.7 Å². The summed E-state index contributed by atoms with van der Waals surface area (Å²) in [5, 5.41) is 16.0. The summed E-state index contributed by atoms with van der Waals surface area (Å²) in [5.41, 5.74) is 1.13. The van der Waals surface area contributed by atoms with Crippen LogP contribution in [-0.4, -0.2) is 31.9 Å². The molecule has 0 unspecified atom stereocenters. The molecule has 3 aromatic rings. The molecule has 0 aliphatic heterocycles. The van der Waals surface area contributed by atoms with E-state index in [4.69, 9.17) is 34.8 Å². The Bertz CT molecular complexity index is 880. The van der Waals surface area contributed by atoms with Crippen LogP contribution in [0.1, 0.15) is 0 Å². The molecule has 6 nitrogen and oxygen atoms in total. The van der Waals surface area contributed by atoms with E-state index in [2.05, 4.69) is 20.8 Å². The lowest BCUT2D eigenvalue weighted by molar-refractivity contribution is -0.113. The first kappa shape index (κ1) is 18.0. The predicted molar refractivity (Wildman–Crippen MR) is 100.0 cm³/mol. The third-order valence-corrected chi connectivity index (χ3v) is 4.87. The Balaban J connectivity index is 1.67. The number of thioether (sulfide) groups is 1. The van der Waals surface area contributed by atoms with Crippen molar-refractivity contribution >= 4 is 58.2 Å². The summed E-state index contributed by atoms with van der Waals surface area (Å²) in [6.07, 6.45) is 0. The molecule has 3 rings (SSSR count). The molecule has 2 aromatic carbocycles. The SMILES string of the molecule is O=C(CSc1nnnn1-c1ccc(Cl)cc1)Nc1c(Cl)cccc1Cl. The average Bonchev–Trinajstić information content (AvgIpc) is 3.06. The highest BCUT2D eigenvalue weighted by Crippen LogP contribution is 2.30. The Kier molecular flexibility index (Phi) is 5.80. The molecule has 0 saturated carbocycles. The lowest BCUT2D eigenvalue weighted by Crippen LogP contribution is -2.15. The van der Waals surface area contributed by atoms with Crippen LogP contribution in [0.4, 0.5) is 5.69 Å². The second-order valence-electron chi connectivity index (χ2n) is 4.78. The molecule has 0 aliphatic carbocycles. The average molecular weight is 415 g/mol. The van der Waals surface area contributed by atoms with Gasteiger partial charge in [0, 0.05) is 5.02 Å². The smallest absolute Gasteiger partial charge is 0.234 e. The van der Waals surface area contributed by atoms with Crippen molar-refractivity contribution in [3.63, 3.8) is 0 Å². The van der Waals surface area contributed by atoms with Gasteiger partial charge in [-0.3, -0.25) is 4.79 Å². The van der Waals surface area contributed by atoms with Crippen molar-refractivity contribution < 1.29 is 4.79 Å². The Morgan fingerprint density at radius 1 is 1.08 bits per heavy atom. The van der Waals surface area contributed by atoms with Gasteiger partial charge in [0.1, 0.15) is 0 Å². The third-order valence-electron chi connectivity index (χ3n) is 3.07. The van der Waals surface area contributed by atoms with Gasteiger partial charge in [-0.2, -0.15) is 4.68 Å². The van der Waals surface area contributed by atoms with Gasteiger partial charge < -0.3 is 5.32 Å². The van der Waals surface area contributed by atoms with Gasteiger partial charge in [-0.05, 0) is 46.8 Å². The largest absolute Gasteiger partial charge is 0.323 e. The van der Waals surface area contributed by atoms with Crippen molar-refractivity contribution in [2.45, 2.75) is 5.16 Å². The molecule has 0 spiro atoms. The highest BCUT2D eigenvalue weighted by Gasteiger charge is 2.14. The van der Waals surface area contributed by atoms with Crippen molar-refractivity contribution in [1.82, 2.24) is 20.2 Å². The highest BCUT2D eigenvalue weighted by atomic mass is 35.5. The minimum Gasteiger partial charge on any atom is -0.323 e. The normalized spacial score (nSPS) is 10.7. The summed E-state index contributed by atoms with van der Waals surface area (Å²) in [7, 11) is 0. The number of nitrogens with one attached hydrogen (secondary N) is 1. The zero-order valence-electron chi connectivity index (χ0n) is 12.5. The van der Waals surface area contributed by atoms with Crippen LogP contribution >= 0.6 is 46.6 Å². The summed E-state index contributed by atoms with van der Waals surface area (Å²) in [6.45, 7) is 0. The highest BCUT2D eigenvalue weighted by molar-refractivity contribution is 7.99. The summed E-state index contributed by atoms with van der Waals surface area (Å²) in [6, 6.07) is 12.0. The number of aromatic nitrogens is 4. The van der Waals surface area contributed by atoms with Crippen molar-refractivity contribution in [1.29, 1.82) is 0 Å². The number of benzene rings is 2. The van der Waals surface area contributed by atoms with Gasteiger partial charge >= 0.3 is 0 Å². The fraction of sp³-hybridized carbons (Fsp3) is 0.0667. The first-order valence-electron chi connectivity index (χ1n) is 6.95. The van der Waals surface area contributed by atoms with Gasteiger partial charge in [0.25, 0.3) is 0 Å². The molecule has 0 bridgehead atoms. The molecule has 0 radical (unpaired) electrons. The van der Waals surface area contributed by atoms with Gasteiger partial charge in [-0.15, -0.1) is 5.10 Å². The number of nitrogens with zero attached hydrogens (tertiary/aromatic N) is 4. The number of halogens is 3. The number of carbonyl (C=O) groups excluding carboxylic acids is 1. The Morgan fingerprint density at radius 2 is 1.76 bits per heavy atom. The topological polar surface area (TPSA) is 72.7 Å². The van der Waals surface area contributed by atoms with Gasteiger partial charge in [0.2, 0.25) is 11.1 Å². The number of carbonyl (C=O) groups is 1. The molecule has 0 fully saturated rings. The first-order chi connectivity index (χ1) is 12.0. The number of tetrazole rings is 1. The van der Waals surface area contributed by atoms with Crippen LogP contribution in [0, 0.1) is 0 Å². The van der Waals surface area contributed by atoms with Crippen LogP contribution in [-0.2, 0) is 4.79 Å². The number of hydrogen-bond acceptors (Lipinski definition) is 5. The summed E-state index contributed by atoms with van der Waals surface area (Å²) < 4.78 is 1.52. The minimum atomic E-state index is -0.273. The van der Waals surface area contributed by atoms with Crippen LogP contribution in [0.15, 0.2) is 47.6 Å². The van der Waals surface area contributed by atoms with Crippen molar-refractivity contribution in [2.75, 3.05) is 11.1 Å². The monoisotopic (exact) mass is 413 g/mol.